The van der Waals surface area contributed by atoms with E-state index in [-0.39, 0.29) is 25.0 Å². The molecular formula is C14H21N3O4. The van der Waals surface area contributed by atoms with Gasteiger partial charge in [-0.05, 0) is 19.3 Å². The molecule has 1 aliphatic heterocycles. The summed E-state index contributed by atoms with van der Waals surface area (Å²) in [5.41, 5.74) is -0.850. The number of hydrogen-bond acceptors (Lipinski definition) is 4. The quantitative estimate of drug-likeness (QED) is 0.880. The summed E-state index contributed by atoms with van der Waals surface area (Å²) in [5, 5.41) is 12.2. The number of carboxylic acid groups (broad SMARTS) is 1. The van der Waals surface area contributed by atoms with Crippen LogP contribution in [0.1, 0.15) is 31.9 Å². The van der Waals surface area contributed by atoms with Gasteiger partial charge in [0.05, 0.1) is 18.2 Å². The van der Waals surface area contributed by atoms with E-state index < -0.39 is 11.4 Å². The molecule has 2 amide bonds. The number of carbonyl (C=O) groups excluding carboxylic acids is 1. The van der Waals surface area contributed by atoms with E-state index in [4.69, 9.17) is 4.42 Å². The average molecular weight is 295 g/mol. The number of rotatable bonds is 4. The lowest BCUT2D eigenvalue weighted by atomic mass is 9.76. The van der Waals surface area contributed by atoms with Crippen molar-refractivity contribution < 1.29 is 19.1 Å². The van der Waals surface area contributed by atoms with Crippen molar-refractivity contribution in [1.29, 1.82) is 0 Å². The minimum atomic E-state index is -0.850. The predicted molar refractivity (Wildman–Crippen MR) is 74.6 cm³/mol. The molecule has 7 heteroatoms. The van der Waals surface area contributed by atoms with Crippen LogP contribution >= 0.6 is 0 Å². The van der Waals surface area contributed by atoms with Gasteiger partial charge in [0.2, 0.25) is 5.89 Å². The first-order valence-corrected chi connectivity index (χ1v) is 7.02. The monoisotopic (exact) mass is 295 g/mol. The SMILES string of the molecule is Cc1cnc(CNC(=O)N2CCC(C(=O)O)(C(C)C)C2)o1. The normalized spacial score (nSPS) is 21.8. The highest BCUT2D eigenvalue weighted by atomic mass is 16.4. The first-order valence-electron chi connectivity index (χ1n) is 7.02. The van der Waals surface area contributed by atoms with Crippen molar-refractivity contribution in [3.05, 3.63) is 17.8 Å². The topological polar surface area (TPSA) is 95.7 Å². The molecular weight excluding hydrogens is 274 g/mol. The number of hydrogen-bond donors (Lipinski definition) is 2. The highest BCUT2D eigenvalue weighted by Gasteiger charge is 2.48. The molecule has 2 N–H and O–H groups in total. The van der Waals surface area contributed by atoms with Gasteiger partial charge in [-0.15, -0.1) is 0 Å². The molecule has 116 valence electrons. The smallest absolute Gasteiger partial charge is 0.317 e. The number of carbonyl (C=O) groups is 2. The Morgan fingerprint density at radius 2 is 2.29 bits per heavy atom. The summed E-state index contributed by atoms with van der Waals surface area (Å²) in [7, 11) is 0. The standard InChI is InChI=1S/C14H21N3O4/c1-9(2)14(12(18)19)4-5-17(8-14)13(20)16-7-11-15-6-10(3)21-11/h6,9H,4-5,7-8H2,1-3H3,(H,16,20)(H,18,19). The molecule has 0 saturated carbocycles. The van der Waals surface area contributed by atoms with Crippen molar-refractivity contribution in [2.45, 2.75) is 33.7 Å². The lowest BCUT2D eigenvalue weighted by Gasteiger charge is -2.28. The number of nitrogens with one attached hydrogen (secondary N) is 1. The first kappa shape index (κ1) is 15.3. The Morgan fingerprint density at radius 1 is 1.57 bits per heavy atom. The Bertz CT molecular complexity index is 540. The second-order valence-electron chi connectivity index (χ2n) is 5.81. The van der Waals surface area contributed by atoms with Crippen LogP contribution in [0.15, 0.2) is 10.6 Å². The van der Waals surface area contributed by atoms with Crippen LogP contribution in [-0.4, -0.2) is 40.1 Å². The molecule has 0 aliphatic carbocycles. The number of urea groups is 1. The molecule has 0 bridgehead atoms. The summed E-state index contributed by atoms with van der Waals surface area (Å²) >= 11 is 0. The van der Waals surface area contributed by atoms with Crippen LogP contribution in [0.2, 0.25) is 0 Å². The Balaban J connectivity index is 1.94. The number of likely N-dealkylation sites (tertiary alicyclic amines) is 1. The molecule has 0 aromatic carbocycles. The van der Waals surface area contributed by atoms with Gasteiger partial charge in [-0.3, -0.25) is 4.79 Å². The van der Waals surface area contributed by atoms with Crippen molar-refractivity contribution in [2.24, 2.45) is 11.3 Å². The Morgan fingerprint density at radius 3 is 2.76 bits per heavy atom. The number of aliphatic carboxylic acids is 1. The summed E-state index contributed by atoms with van der Waals surface area (Å²) in [6, 6.07) is -0.283. The minimum Gasteiger partial charge on any atom is -0.481 e. The number of carboxylic acids is 1. The molecule has 0 radical (unpaired) electrons. The van der Waals surface area contributed by atoms with E-state index in [2.05, 4.69) is 10.3 Å². The van der Waals surface area contributed by atoms with Crippen LogP contribution in [0.5, 0.6) is 0 Å². The molecule has 1 aromatic heterocycles. The fraction of sp³-hybridized carbons (Fsp3) is 0.643. The van der Waals surface area contributed by atoms with Crippen LogP contribution in [0.25, 0.3) is 0 Å². The van der Waals surface area contributed by atoms with Gasteiger partial charge in [0.25, 0.3) is 0 Å². The van der Waals surface area contributed by atoms with Crippen molar-refractivity contribution >= 4 is 12.0 Å². The van der Waals surface area contributed by atoms with E-state index in [1.807, 2.05) is 13.8 Å². The summed E-state index contributed by atoms with van der Waals surface area (Å²) in [5.74, 6) is 0.261. The summed E-state index contributed by atoms with van der Waals surface area (Å²) in [6.07, 6.45) is 2.07. The average Bonchev–Trinajstić information content (AvgIpc) is 3.03. The van der Waals surface area contributed by atoms with E-state index in [0.29, 0.717) is 24.6 Å². The van der Waals surface area contributed by atoms with Crippen molar-refractivity contribution in [2.75, 3.05) is 13.1 Å². The maximum Gasteiger partial charge on any atom is 0.317 e. The van der Waals surface area contributed by atoms with Gasteiger partial charge in [-0.25, -0.2) is 9.78 Å². The fourth-order valence-electron chi connectivity index (χ4n) is 2.65. The number of nitrogens with zero attached hydrogens (tertiary/aromatic N) is 2. The Labute approximate surface area is 123 Å². The first-order chi connectivity index (χ1) is 9.85. The Hall–Kier alpha value is -2.05. The van der Waals surface area contributed by atoms with Crippen LogP contribution < -0.4 is 5.32 Å². The number of oxazole rings is 1. The molecule has 1 atom stereocenters. The van der Waals surface area contributed by atoms with E-state index >= 15 is 0 Å². The van der Waals surface area contributed by atoms with Gasteiger partial charge < -0.3 is 19.7 Å². The number of amides is 2. The van der Waals surface area contributed by atoms with Gasteiger partial charge in [0.1, 0.15) is 5.76 Å². The molecule has 1 aliphatic rings. The molecule has 2 rings (SSSR count). The molecule has 0 spiro atoms. The van der Waals surface area contributed by atoms with Crippen LogP contribution in [0, 0.1) is 18.3 Å². The maximum absolute atomic E-state index is 12.1. The van der Waals surface area contributed by atoms with Crippen molar-refractivity contribution in [3.63, 3.8) is 0 Å². The lowest BCUT2D eigenvalue weighted by Crippen LogP contribution is -2.43. The fourth-order valence-corrected chi connectivity index (χ4v) is 2.65. The third-order valence-electron chi connectivity index (χ3n) is 4.18. The molecule has 7 nitrogen and oxygen atoms in total. The van der Waals surface area contributed by atoms with Gasteiger partial charge in [0.15, 0.2) is 0 Å². The largest absolute Gasteiger partial charge is 0.481 e. The van der Waals surface area contributed by atoms with Crippen molar-refractivity contribution in [3.8, 4) is 0 Å². The van der Waals surface area contributed by atoms with E-state index in [1.54, 1.807) is 18.0 Å². The third kappa shape index (κ3) is 3.01. The number of aryl methyl sites for hydroxylation is 1. The summed E-state index contributed by atoms with van der Waals surface area (Å²) in [4.78, 5) is 29.2. The zero-order chi connectivity index (χ0) is 15.6. The van der Waals surface area contributed by atoms with E-state index in [0.717, 1.165) is 0 Å². The molecule has 1 unspecified atom stereocenters. The summed E-state index contributed by atoms with van der Waals surface area (Å²) < 4.78 is 5.28. The van der Waals surface area contributed by atoms with Crippen LogP contribution in [0.3, 0.4) is 0 Å². The molecule has 1 saturated heterocycles. The van der Waals surface area contributed by atoms with E-state index in [1.165, 1.54) is 0 Å². The molecule has 2 heterocycles. The molecule has 21 heavy (non-hydrogen) atoms. The van der Waals surface area contributed by atoms with Crippen LogP contribution in [-0.2, 0) is 11.3 Å². The van der Waals surface area contributed by atoms with Crippen molar-refractivity contribution in [1.82, 2.24) is 15.2 Å². The third-order valence-corrected chi connectivity index (χ3v) is 4.18. The highest BCUT2D eigenvalue weighted by Crippen LogP contribution is 2.38. The van der Waals surface area contributed by atoms with Gasteiger partial charge in [-0.2, -0.15) is 0 Å². The highest BCUT2D eigenvalue weighted by molar-refractivity contribution is 5.80. The number of aromatic nitrogens is 1. The molecule has 1 aromatic rings. The lowest BCUT2D eigenvalue weighted by molar-refractivity contribution is -0.150. The second kappa shape index (κ2) is 5.75. The van der Waals surface area contributed by atoms with E-state index in [9.17, 15) is 14.7 Å². The van der Waals surface area contributed by atoms with Gasteiger partial charge >= 0.3 is 12.0 Å². The zero-order valence-electron chi connectivity index (χ0n) is 12.5. The predicted octanol–water partition coefficient (Wildman–Crippen LogP) is 1.63. The zero-order valence-corrected chi connectivity index (χ0v) is 12.5. The van der Waals surface area contributed by atoms with Gasteiger partial charge in [-0.1, -0.05) is 13.8 Å². The summed E-state index contributed by atoms with van der Waals surface area (Å²) in [6.45, 7) is 6.42. The Kier molecular flexibility index (Phi) is 4.20. The maximum atomic E-state index is 12.1. The van der Waals surface area contributed by atoms with Gasteiger partial charge in [0, 0.05) is 13.1 Å². The van der Waals surface area contributed by atoms with Crippen LogP contribution in [0.4, 0.5) is 4.79 Å². The minimum absolute atomic E-state index is 0.0257. The molecule has 1 fully saturated rings. The second-order valence-corrected chi connectivity index (χ2v) is 5.81.